The van der Waals surface area contributed by atoms with Crippen molar-refractivity contribution in [1.29, 1.82) is 5.41 Å². The molecule has 0 aliphatic rings. The Morgan fingerprint density at radius 1 is 1.30 bits per heavy atom. The second-order valence-corrected chi connectivity index (χ2v) is 6.98. The fraction of sp³-hybridized carbons (Fsp3) is 0.105. The highest BCUT2D eigenvalue weighted by Crippen LogP contribution is 2.21. The van der Waals surface area contributed by atoms with Gasteiger partial charge in [0.2, 0.25) is 0 Å². The zero-order valence-corrected chi connectivity index (χ0v) is 15.6. The molecule has 0 radical (unpaired) electrons. The third-order valence-electron chi connectivity index (χ3n) is 3.89. The number of nitrogens with zero attached hydrogens (tertiary/aromatic N) is 2. The zero-order chi connectivity index (χ0) is 19.2. The van der Waals surface area contributed by atoms with Crippen molar-refractivity contribution < 1.29 is 4.55 Å². The summed E-state index contributed by atoms with van der Waals surface area (Å²) < 4.78 is 13.9. The van der Waals surface area contributed by atoms with Crippen molar-refractivity contribution in [2.45, 2.75) is 6.54 Å². The van der Waals surface area contributed by atoms with Crippen LogP contribution in [0.4, 0.5) is 11.5 Å². The average Bonchev–Trinajstić information content (AvgIpc) is 2.68. The van der Waals surface area contributed by atoms with Crippen LogP contribution < -0.4 is 15.8 Å². The first-order valence-corrected chi connectivity index (χ1v) is 9.77. The van der Waals surface area contributed by atoms with Crippen LogP contribution in [0.2, 0.25) is 0 Å². The number of anilines is 2. The van der Waals surface area contributed by atoms with Crippen LogP contribution in [0.15, 0.2) is 54.9 Å². The Morgan fingerprint density at radius 2 is 2.15 bits per heavy atom. The van der Waals surface area contributed by atoms with Crippen LogP contribution in [0, 0.1) is 5.41 Å². The van der Waals surface area contributed by atoms with Crippen molar-refractivity contribution in [2.24, 2.45) is 0 Å². The van der Waals surface area contributed by atoms with Gasteiger partial charge in [-0.15, -0.1) is 0 Å². The number of hydrogen-bond acceptors (Lipinski definition) is 7. The lowest BCUT2D eigenvalue weighted by Crippen LogP contribution is -2.16. The second-order valence-electron chi connectivity index (χ2n) is 5.83. The van der Waals surface area contributed by atoms with Gasteiger partial charge < -0.3 is 21.0 Å². The molecule has 0 amide bonds. The molecule has 138 valence electrons. The average molecular weight is 380 g/mol. The van der Waals surface area contributed by atoms with E-state index in [2.05, 4.69) is 26.1 Å². The van der Waals surface area contributed by atoms with E-state index in [1.165, 1.54) is 12.5 Å². The van der Waals surface area contributed by atoms with Gasteiger partial charge in [-0.1, -0.05) is 12.1 Å². The minimum atomic E-state index is -1.21. The summed E-state index contributed by atoms with van der Waals surface area (Å²) in [5.41, 5.74) is 9.63. The van der Waals surface area contributed by atoms with Crippen molar-refractivity contribution in [1.82, 2.24) is 14.7 Å². The lowest BCUT2D eigenvalue weighted by atomic mass is 10.1. The Bertz CT molecular complexity index is 989. The zero-order valence-electron chi connectivity index (χ0n) is 14.8. The van der Waals surface area contributed by atoms with Crippen molar-refractivity contribution in [3.05, 3.63) is 66.1 Å². The first kappa shape index (κ1) is 18.7. The molecule has 0 aliphatic heterocycles. The van der Waals surface area contributed by atoms with Crippen molar-refractivity contribution in [3.8, 4) is 0 Å². The summed E-state index contributed by atoms with van der Waals surface area (Å²) in [5.74, 6) is 0.532. The van der Waals surface area contributed by atoms with Crippen LogP contribution >= 0.6 is 0 Å². The van der Waals surface area contributed by atoms with Gasteiger partial charge in [0.25, 0.3) is 0 Å². The predicted molar refractivity (Wildman–Crippen MR) is 112 cm³/mol. The molecule has 7 nitrogen and oxygen atoms in total. The summed E-state index contributed by atoms with van der Waals surface area (Å²) in [5, 5.41) is 11.9. The van der Waals surface area contributed by atoms with Gasteiger partial charge in [-0.05, 0) is 35.9 Å². The third kappa shape index (κ3) is 4.75. The van der Waals surface area contributed by atoms with Crippen LogP contribution in [0.25, 0.3) is 16.5 Å². The Hall–Kier alpha value is -3.10. The Kier molecular flexibility index (Phi) is 5.90. The van der Waals surface area contributed by atoms with E-state index in [0.717, 1.165) is 22.7 Å². The maximum atomic E-state index is 11.2. The summed E-state index contributed by atoms with van der Waals surface area (Å²) in [6.07, 6.45) is 5.94. The molecule has 8 heteroatoms. The molecule has 0 spiro atoms. The van der Waals surface area contributed by atoms with E-state index in [-0.39, 0.29) is 0 Å². The van der Waals surface area contributed by atoms with Gasteiger partial charge in [0.05, 0.1) is 34.5 Å². The Labute approximate surface area is 160 Å². The first-order valence-electron chi connectivity index (χ1n) is 8.21. The van der Waals surface area contributed by atoms with Crippen LogP contribution in [-0.2, 0) is 17.9 Å². The molecular formula is C19H20N6OS. The highest BCUT2D eigenvalue weighted by molar-refractivity contribution is 7.88. The molecule has 0 aliphatic carbocycles. The number of nitrogen functional groups attached to an aromatic ring is 1. The number of hydrogen-bond donors (Lipinski definition) is 4. The standard InChI is InChI=1S/C19H20N6OS/c1-27(26)24-12-15(10-20)18-7-5-16(21)19(25-18)23-11-13-4-6-17-14(9-13)3-2-8-22-17/h2-10,12,20,24H,11,21H2,1H3,(H,23,25)/b15-12+,20-10?. The normalized spacial score (nSPS) is 12.6. The third-order valence-corrected chi connectivity index (χ3v) is 4.34. The minimum absolute atomic E-state index is 0.505. The van der Waals surface area contributed by atoms with Gasteiger partial charge in [0, 0.05) is 29.9 Å². The number of nitrogens with one attached hydrogen (secondary N) is 3. The molecule has 2 heterocycles. The van der Waals surface area contributed by atoms with E-state index < -0.39 is 11.4 Å². The largest absolute Gasteiger partial charge is 0.593 e. The van der Waals surface area contributed by atoms with E-state index >= 15 is 0 Å². The van der Waals surface area contributed by atoms with E-state index in [1.54, 1.807) is 18.3 Å². The van der Waals surface area contributed by atoms with Crippen molar-refractivity contribution >= 4 is 45.6 Å². The maximum absolute atomic E-state index is 11.2. The van der Waals surface area contributed by atoms with Crippen molar-refractivity contribution in [2.75, 3.05) is 17.3 Å². The molecule has 27 heavy (non-hydrogen) atoms. The molecule has 3 aromatic rings. The van der Waals surface area contributed by atoms with Crippen LogP contribution in [0.3, 0.4) is 0 Å². The molecule has 3 rings (SSSR count). The van der Waals surface area contributed by atoms with Gasteiger partial charge in [-0.2, -0.15) is 0 Å². The summed E-state index contributed by atoms with van der Waals surface area (Å²) >= 11 is -1.21. The van der Waals surface area contributed by atoms with Crippen LogP contribution in [0.5, 0.6) is 0 Å². The van der Waals surface area contributed by atoms with Crippen LogP contribution in [-0.4, -0.2) is 27.0 Å². The fourth-order valence-corrected chi connectivity index (χ4v) is 2.82. The molecule has 2 aromatic heterocycles. The lowest BCUT2D eigenvalue weighted by Gasteiger charge is -2.11. The lowest BCUT2D eigenvalue weighted by molar-refractivity contribution is 0.595. The number of pyridine rings is 2. The Morgan fingerprint density at radius 3 is 2.93 bits per heavy atom. The van der Waals surface area contributed by atoms with Gasteiger partial charge in [-0.3, -0.25) is 4.98 Å². The van der Waals surface area contributed by atoms with Crippen LogP contribution in [0.1, 0.15) is 11.3 Å². The summed E-state index contributed by atoms with van der Waals surface area (Å²) in [6, 6.07) is 13.4. The number of benzene rings is 1. The number of nitrogens with two attached hydrogens (primary N) is 1. The molecule has 1 unspecified atom stereocenters. The molecule has 0 fully saturated rings. The van der Waals surface area contributed by atoms with E-state index in [1.807, 2.05) is 24.3 Å². The first-order chi connectivity index (χ1) is 13.1. The van der Waals surface area contributed by atoms with E-state index in [4.69, 9.17) is 11.1 Å². The maximum Gasteiger partial charge on any atom is 0.150 e. The second kappa shape index (κ2) is 8.52. The number of rotatable bonds is 7. The Balaban J connectivity index is 1.79. The predicted octanol–water partition coefficient (Wildman–Crippen LogP) is 2.70. The molecular weight excluding hydrogens is 360 g/mol. The summed E-state index contributed by atoms with van der Waals surface area (Å²) in [7, 11) is 0. The van der Waals surface area contributed by atoms with Crippen molar-refractivity contribution in [3.63, 3.8) is 0 Å². The highest BCUT2D eigenvalue weighted by Gasteiger charge is 2.07. The minimum Gasteiger partial charge on any atom is -0.593 e. The van der Waals surface area contributed by atoms with Gasteiger partial charge in [-0.25, -0.2) is 9.71 Å². The topological polar surface area (TPSA) is 123 Å². The van der Waals surface area contributed by atoms with E-state index in [0.29, 0.717) is 29.3 Å². The summed E-state index contributed by atoms with van der Waals surface area (Å²) in [4.78, 5) is 8.81. The molecule has 0 saturated carbocycles. The molecule has 1 aromatic carbocycles. The monoisotopic (exact) mass is 380 g/mol. The smallest absolute Gasteiger partial charge is 0.150 e. The van der Waals surface area contributed by atoms with Gasteiger partial charge in [0.15, 0.2) is 0 Å². The molecule has 1 atom stereocenters. The molecule has 5 N–H and O–H groups in total. The van der Waals surface area contributed by atoms with Gasteiger partial charge >= 0.3 is 0 Å². The number of allylic oxidation sites excluding steroid dienone is 1. The SMILES string of the molecule is C[S+]([O-])N/C=C(\C=N)c1ccc(N)c(NCc2ccc3ncccc3c2)n1. The van der Waals surface area contributed by atoms with Gasteiger partial charge in [0.1, 0.15) is 12.1 Å². The summed E-state index contributed by atoms with van der Waals surface area (Å²) in [6.45, 7) is 0.548. The quantitative estimate of drug-likeness (QED) is 0.369. The van der Waals surface area contributed by atoms with E-state index in [9.17, 15) is 4.55 Å². The highest BCUT2D eigenvalue weighted by atomic mass is 32.2. The molecule has 0 saturated heterocycles. The number of aromatic nitrogens is 2. The number of fused-ring (bicyclic) bond motifs is 1. The molecule has 0 bridgehead atoms. The fourth-order valence-electron chi connectivity index (χ4n) is 2.53.